The van der Waals surface area contributed by atoms with Crippen molar-refractivity contribution in [3.05, 3.63) is 61.1 Å². The normalized spacial score (nSPS) is 17.7. The van der Waals surface area contributed by atoms with E-state index in [1.54, 1.807) is 24.1 Å². The minimum absolute atomic E-state index is 0.127. The molecule has 232 valence electrons. The lowest BCUT2D eigenvalue weighted by molar-refractivity contribution is 0.166. The van der Waals surface area contributed by atoms with Crippen molar-refractivity contribution in [2.45, 2.75) is 76.5 Å². The van der Waals surface area contributed by atoms with E-state index in [4.69, 9.17) is 0 Å². The van der Waals surface area contributed by atoms with Crippen LogP contribution in [0.25, 0.3) is 10.9 Å². The van der Waals surface area contributed by atoms with Crippen LogP contribution in [-0.2, 0) is 7.05 Å². The SMILES string of the molecule is C=CNCCC(CCC1CCCCC1)CN1CCC(c2c(F)cc3c(N(C)CCC(=C)NC=C)nn(C)c3c2F)CC1. The number of rotatable bonds is 16. The van der Waals surface area contributed by atoms with Crippen molar-refractivity contribution in [1.29, 1.82) is 0 Å². The molecule has 2 aliphatic rings. The average Bonchev–Trinajstić information content (AvgIpc) is 3.32. The summed E-state index contributed by atoms with van der Waals surface area (Å²) in [6, 6.07) is 1.49. The lowest BCUT2D eigenvalue weighted by atomic mass is 9.83. The van der Waals surface area contributed by atoms with Gasteiger partial charge in [0.2, 0.25) is 0 Å². The molecule has 42 heavy (non-hydrogen) atoms. The first kappa shape index (κ1) is 32.1. The van der Waals surface area contributed by atoms with E-state index in [2.05, 4.69) is 40.4 Å². The van der Waals surface area contributed by atoms with E-state index in [1.165, 1.54) is 51.0 Å². The topological polar surface area (TPSA) is 48.4 Å². The molecule has 2 heterocycles. The third kappa shape index (κ3) is 8.15. The number of aromatic nitrogens is 2. The summed E-state index contributed by atoms with van der Waals surface area (Å²) in [5, 5.41) is 11.4. The fourth-order valence-corrected chi connectivity index (χ4v) is 7.07. The summed E-state index contributed by atoms with van der Waals surface area (Å²) in [5.41, 5.74) is 1.43. The van der Waals surface area contributed by atoms with E-state index in [1.807, 2.05) is 11.9 Å². The largest absolute Gasteiger partial charge is 0.391 e. The summed E-state index contributed by atoms with van der Waals surface area (Å²) in [7, 11) is 3.62. The van der Waals surface area contributed by atoms with Crippen molar-refractivity contribution in [3.63, 3.8) is 0 Å². The van der Waals surface area contributed by atoms with Crippen LogP contribution in [0.2, 0.25) is 0 Å². The standard InChI is InChI=1S/C34H52F2N6/c1-6-37-19-15-27(14-13-26-11-9-8-10-12-26)24-42-21-17-28(18-22-42)31-30(35)23-29-33(32(31)36)41(5)39-34(29)40(4)20-16-25(3)38-7-2/h6-7,23,26-28,37-38H,1-3,8-22,24H2,4-5H3. The number of likely N-dealkylation sites (tertiary alicyclic amines) is 1. The summed E-state index contributed by atoms with van der Waals surface area (Å²) in [6.45, 7) is 15.8. The van der Waals surface area contributed by atoms with E-state index >= 15 is 8.78 Å². The van der Waals surface area contributed by atoms with Gasteiger partial charge in [-0.3, -0.25) is 4.68 Å². The number of nitrogens with one attached hydrogen (secondary N) is 2. The number of hydrogen-bond acceptors (Lipinski definition) is 5. The summed E-state index contributed by atoms with van der Waals surface area (Å²) >= 11 is 0. The van der Waals surface area contributed by atoms with Crippen LogP contribution >= 0.6 is 0 Å². The van der Waals surface area contributed by atoms with Gasteiger partial charge in [-0.2, -0.15) is 5.10 Å². The fourth-order valence-electron chi connectivity index (χ4n) is 7.07. The third-order valence-electron chi connectivity index (χ3n) is 9.52. The Labute approximate surface area is 251 Å². The summed E-state index contributed by atoms with van der Waals surface area (Å²) in [6.07, 6.45) is 16.3. The quantitative estimate of drug-likeness (QED) is 0.205. The number of fused-ring (bicyclic) bond motifs is 1. The van der Waals surface area contributed by atoms with Crippen LogP contribution in [-0.4, -0.2) is 54.5 Å². The van der Waals surface area contributed by atoms with E-state index in [0.29, 0.717) is 35.6 Å². The maximum atomic E-state index is 16.0. The number of hydrogen-bond donors (Lipinski definition) is 2. The molecular weight excluding hydrogens is 530 g/mol. The van der Waals surface area contributed by atoms with Crippen molar-refractivity contribution in [1.82, 2.24) is 25.3 Å². The molecule has 6 nitrogen and oxygen atoms in total. The van der Waals surface area contributed by atoms with Crippen molar-refractivity contribution in [2.75, 3.05) is 44.7 Å². The number of aryl methyl sites for hydroxylation is 1. The summed E-state index contributed by atoms with van der Waals surface area (Å²) in [4.78, 5) is 4.45. The molecular formula is C34H52F2N6. The van der Waals surface area contributed by atoms with Crippen LogP contribution in [0.15, 0.2) is 43.9 Å². The lowest BCUT2D eigenvalue weighted by Gasteiger charge is -2.35. The number of nitrogens with zero attached hydrogens (tertiary/aromatic N) is 4. The Bertz CT molecular complexity index is 1190. The highest BCUT2D eigenvalue weighted by Gasteiger charge is 2.30. The second-order valence-electron chi connectivity index (χ2n) is 12.5. The van der Waals surface area contributed by atoms with Crippen molar-refractivity contribution >= 4 is 16.7 Å². The Morgan fingerprint density at radius 1 is 1.12 bits per heavy atom. The molecule has 1 unspecified atom stereocenters. The highest BCUT2D eigenvalue weighted by atomic mass is 19.1. The van der Waals surface area contributed by atoms with Crippen LogP contribution in [0.3, 0.4) is 0 Å². The smallest absolute Gasteiger partial charge is 0.158 e. The molecule has 1 saturated heterocycles. The molecule has 1 aromatic heterocycles. The Kier molecular flexibility index (Phi) is 11.9. The van der Waals surface area contributed by atoms with Gasteiger partial charge in [-0.1, -0.05) is 58.3 Å². The van der Waals surface area contributed by atoms with Crippen molar-refractivity contribution < 1.29 is 8.78 Å². The van der Waals surface area contributed by atoms with Crippen molar-refractivity contribution in [3.8, 4) is 0 Å². The first-order valence-corrected chi connectivity index (χ1v) is 16.0. The maximum Gasteiger partial charge on any atom is 0.158 e. The van der Waals surface area contributed by atoms with E-state index in [0.717, 1.165) is 57.1 Å². The van der Waals surface area contributed by atoms with Crippen LogP contribution in [0.4, 0.5) is 14.6 Å². The molecule has 0 bridgehead atoms. The molecule has 2 fully saturated rings. The predicted octanol–water partition coefficient (Wildman–Crippen LogP) is 7.20. The average molecular weight is 583 g/mol. The van der Waals surface area contributed by atoms with Gasteiger partial charge in [-0.15, -0.1) is 0 Å². The number of anilines is 1. The molecule has 2 N–H and O–H groups in total. The summed E-state index contributed by atoms with van der Waals surface area (Å²) < 4.78 is 33.2. The van der Waals surface area contributed by atoms with Crippen molar-refractivity contribution in [2.24, 2.45) is 18.9 Å². The Morgan fingerprint density at radius 2 is 1.86 bits per heavy atom. The van der Waals surface area contributed by atoms with Crippen LogP contribution < -0.4 is 15.5 Å². The van der Waals surface area contributed by atoms with E-state index in [9.17, 15) is 0 Å². The van der Waals surface area contributed by atoms with Gasteiger partial charge in [-0.05, 0) is 75.0 Å². The molecule has 1 atom stereocenters. The van der Waals surface area contributed by atoms with Gasteiger partial charge in [0, 0.05) is 51.4 Å². The lowest BCUT2D eigenvalue weighted by Crippen LogP contribution is -2.37. The zero-order valence-electron chi connectivity index (χ0n) is 25.9. The van der Waals surface area contributed by atoms with Crippen LogP contribution in [0.5, 0.6) is 0 Å². The minimum atomic E-state index is -0.461. The fraction of sp³-hybridized carbons (Fsp3) is 0.618. The number of piperidine rings is 1. The number of halogens is 2. The zero-order chi connectivity index (χ0) is 30.1. The second kappa shape index (κ2) is 15.6. The third-order valence-corrected chi connectivity index (χ3v) is 9.52. The maximum absolute atomic E-state index is 16.0. The van der Waals surface area contributed by atoms with Gasteiger partial charge in [-0.25, -0.2) is 8.78 Å². The molecule has 2 aromatic rings. The van der Waals surface area contributed by atoms with Gasteiger partial charge < -0.3 is 20.4 Å². The molecule has 0 radical (unpaired) electrons. The van der Waals surface area contributed by atoms with Crippen LogP contribution in [0, 0.1) is 23.5 Å². The Hall–Kier alpha value is -2.87. The molecule has 1 aliphatic carbocycles. The first-order valence-electron chi connectivity index (χ1n) is 16.0. The summed E-state index contributed by atoms with van der Waals surface area (Å²) in [5.74, 6) is 1.05. The monoisotopic (exact) mass is 582 g/mol. The second-order valence-corrected chi connectivity index (χ2v) is 12.5. The molecule has 0 amide bonds. The Balaban J connectivity index is 1.40. The van der Waals surface area contributed by atoms with Gasteiger partial charge in [0.25, 0.3) is 0 Å². The van der Waals surface area contributed by atoms with Gasteiger partial charge in [0.05, 0.1) is 5.39 Å². The predicted molar refractivity (Wildman–Crippen MR) is 172 cm³/mol. The molecule has 1 aromatic carbocycles. The highest BCUT2D eigenvalue weighted by molar-refractivity contribution is 5.91. The minimum Gasteiger partial charge on any atom is -0.391 e. The first-order chi connectivity index (χ1) is 20.3. The van der Waals surface area contributed by atoms with Gasteiger partial charge in [0.1, 0.15) is 11.3 Å². The molecule has 4 rings (SSSR count). The van der Waals surface area contributed by atoms with Gasteiger partial charge in [0.15, 0.2) is 11.6 Å². The highest BCUT2D eigenvalue weighted by Crippen LogP contribution is 2.38. The molecule has 0 spiro atoms. The van der Waals surface area contributed by atoms with Gasteiger partial charge >= 0.3 is 0 Å². The molecule has 1 saturated carbocycles. The van der Waals surface area contributed by atoms with E-state index < -0.39 is 11.6 Å². The zero-order valence-corrected chi connectivity index (χ0v) is 25.9. The van der Waals surface area contributed by atoms with Crippen LogP contribution in [0.1, 0.15) is 82.1 Å². The molecule has 8 heteroatoms. The van der Waals surface area contributed by atoms with E-state index in [-0.39, 0.29) is 11.5 Å². The number of benzene rings is 1. The molecule has 1 aliphatic heterocycles. The Morgan fingerprint density at radius 3 is 2.55 bits per heavy atom.